The molecule has 2 fully saturated rings. The zero-order valence-electron chi connectivity index (χ0n) is 22.1. The van der Waals surface area contributed by atoms with Crippen LogP contribution in [0.5, 0.6) is 5.75 Å². The van der Waals surface area contributed by atoms with Gasteiger partial charge in [-0.2, -0.15) is 0 Å². The van der Waals surface area contributed by atoms with E-state index in [9.17, 15) is 24.9 Å². The van der Waals surface area contributed by atoms with Crippen molar-refractivity contribution in [3.63, 3.8) is 0 Å². The Labute approximate surface area is 235 Å². The fourth-order valence-electron chi connectivity index (χ4n) is 4.89. The predicted octanol–water partition coefficient (Wildman–Crippen LogP) is -0.333. The van der Waals surface area contributed by atoms with Crippen molar-refractivity contribution in [3.05, 3.63) is 93.3 Å². The van der Waals surface area contributed by atoms with Crippen LogP contribution >= 0.6 is 0 Å². The maximum absolute atomic E-state index is 12.3. The van der Waals surface area contributed by atoms with Crippen LogP contribution in [-0.4, -0.2) is 80.9 Å². The molecule has 41 heavy (non-hydrogen) atoms. The number of anilines is 1. The number of aliphatic hydroxyl groups is 3. The molecule has 0 radical (unpaired) electrons. The summed E-state index contributed by atoms with van der Waals surface area (Å²) >= 11 is 0. The Morgan fingerprint density at radius 2 is 1.78 bits per heavy atom. The van der Waals surface area contributed by atoms with Gasteiger partial charge in [0.15, 0.2) is 12.5 Å². The van der Waals surface area contributed by atoms with Crippen molar-refractivity contribution in [3.8, 4) is 5.75 Å². The van der Waals surface area contributed by atoms with Gasteiger partial charge in [-0.25, -0.2) is 4.79 Å². The number of hydrogen-bond donors (Lipinski definition) is 6. The van der Waals surface area contributed by atoms with Gasteiger partial charge in [0, 0.05) is 37.5 Å². The Balaban J connectivity index is 1.27. The van der Waals surface area contributed by atoms with Crippen LogP contribution in [0.2, 0.25) is 0 Å². The summed E-state index contributed by atoms with van der Waals surface area (Å²) in [5.74, 6) is 0.688. The fourth-order valence-corrected chi connectivity index (χ4v) is 4.89. The number of rotatable bonds is 11. The van der Waals surface area contributed by atoms with Gasteiger partial charge in [-0.3, -0.25) is 14.3 Å². The number of aromatic nitrogens is 2. The normalized spacial score (nSPS) is 28.4. The highest BCUT2D eigenvalue weighted by atomic mass is 16.7. The van der Waals surface area contributed by atoms with E-state index in [2.05, 4.69) is 10.3 Å². The molecule has 7 N–H and O–H groups in total. The van der Waals surface area contributed by atoms with Gasteiger partial charge in [0.2, 0.25) is 0 Å². The first-order chi connectivity index (χ1) is 19.8. The zero-order chi connectivity index (χ0) is 28.9. The van der Waals surface area contributed by atoms with E-state index < -0.39 is 60.4 Å². The van der Waals surface area contributed by atoms with Crippen molar-refractivity contribution in [2.75, 3.05) is 18.4 Å². The lowest BCUT2D eigenvalue weighted by molar-refractivity contribution is -0.211. The Kier molecular flexibility index (Phi) is 9.15. The van der Waals surface area contributed by atoms with Crippen molar-refractivity contribution < 1.29 is 34.3 Å². The molecular weight excluding hydrogens is 536 g/mol. The van der Waals surface area contributed by atoms with Crippen molar-refractivity contribution in [1.82, 2.24) is 9.55 Å². The summed E-state index contributed by atoms with van der Waals surface area (Å²) < 4.78 is 24.7. The third-order valence-electron chi connectivity index (χ3n) is 7.13. The molecule has 2 saturated heterocycles. The molecule has 1 aromatic heterocycles. The van der Waals surface area contributed by atoms with Crippen molar-refractivity contribution in [1.29, 1.82) is 0 Å². The first kappa shape index (κ1) is 29.0. The minimum atomic E-state index is -1.35. The smallest absolute Gasteiger partial charge is 0.330 e. The summed E-state index contributed by atoms with van der Waals surface area (Å²) in [7, 11) is 0. The number of aromatic amines is 1. The minimum absolute atomic E-state index is 0.0183. The van der Waals surface area contributed by atoms with E-state index in [1.807, 2.05) is 54.6 Å². The number of aliphatic hydroxyl groups excluding tert-OH is 3. The molecule has 0 unspecified atom stereocenters. The van der Waals surface area contributed by atoms with Gasteiger partial charge in [0.25, 0.3) is 5.56 Å². The van der Waals surface area contributed by atoms with E-state index in [0.29, 0.717) is 12.4 Å². The summed E-state index contributed by atoms with van der Waals surface area (Å²) in [6.07, 6.45) is -6.98. The van der Waals surface area contributed by atoms with E-state index in [1.165, 1.54) is 6.20 Å². The number of nitrogens with zero attached hydrogens (tertiary/aromatic N) is 1. The maximum Gasteiger partial charge on any atom is 0.330 e. The van der Waals surface area contributed by atoms with Gasteiger partial charge >= 0.3 is 5.69 Å². The second-order valence-electron chi connectivity index (χ2n) is 10.00. The summed E-state index contributed by atoms with van der Waals surface area (Å²) in [5.41, 5.74) is 6.13. The summed E-state index contributed by atoms with van der Waals surface area (Å²) in [4.78, 5) is 25.9. The van der Waals surface area contributed by atoms with Crippen LogP contribution in [0.1, 0.15) is 18.2 Å². The molecule has 8 atom stereocenters. The fraction of sp³-hybridized carbons (Fsp3) is 0.429. The highest BCUT2D eigenvalue weighted by Crippen LogP contribution is 2.33. The molecule has 2 aliphatic heterocycles. The monoisotopic (exact) mass is 570 g/mol. The van der Waals surface area contributed by atoms with Gasteiger partial charge in [0.05, 0.1) is 6.10 Å². The molecule has 0 aliphatic carbocycles. The second kappa shape index (κ2) is 13.0. The average molecular weight is 571 g/mol. The van der Waals surface area contributed by atoms with Gasteiger partial charge < -0.3 is 45.3 Å². The maximum atomic E-state index is 12.3. The molecule has 13 heteroatoms. The van der Waals surface area contributed by atoms with Crippen molar-refractivity contribution >= 4 is 5.69 Å². The molecule has 0 amide bonds. The first-order valence-corrected chi connectivity index (χ1v) is 13.3. The van der Waals surface area contributed by atoms with Gasteiger partial charge in [-0.1, -0.05) is 30.3 Å². The van der Waals surface area contributed by atoms with Crippen LogP contribution in [0.15, 0.2) is 76.4 Å². The lowest BCUT2D eigenvalue weighted by atomic mass is 10.1. The van der Waals surface area contributed by atoms with Crippen molar-refractivity contribution in [2.45, 2.75) is 62.2 Å². The predicted molar refractivity (Wildman–Crippen MR) is 146 cm³/mol. The number of nitrogens with two attached hydrogens (primary N) is 1. The summed E-state index contributed by atoms with van der Waals surface area (Å²) in [6.45, 7) is 0.574. The largest absolute Gasteiger partial charge is 0.489 e. The highest BCUT2D eigenvalue weighted by molar-refractivity contribution is 5.46. The molecule has 3 aromatic rings. The molecule has 3 heterocycles. The standard InChI is InChI=1S/C28H34N4O9/c29-13-21-24(35)25(36)27(40-21)41-22(20-12-19(33)26(39-20)32-11-10-23(34)31-28(32)37)14-30-17-6-8-18(9-7-17)38-15-16-4-2-1-3-5-16/h1-11,19-22,24-27,30,33,35-36H,12-15,29H2,(H,31,34,37)/t19-,20+,21-,22+,24-,25-,26-,27+/m1/s1. The molecule has 2 aromatic carbocycles. The molecule has 0 spiro atoms. The van der Waals surface area contributed by atoms with Crippen LogP contribution in [0.4, 0.5) is 5.69 Å². The third-order valence-corrected chi connectivity index (χ3v) is 7.13. The Bertz CT molecular complexity index is 1380. The minimum Gasteiger partial charge on any atom is -0.489 e. The Morgan fingerprint density at radius 3 is 2.46 bits per heavy atom. The number of H-pyrrole nitrogens is 1. The molecule has 0 saturated carbocycles. The first-order valence-electron chi connectivity index (χ1n) is 13.3. The summed E-state index contributed by atoms with van der Waals surface area (Å²) in [5, 5.41) is 34.7. The average Bonchev–Trinajstić information content (AvgIpc) is 3.49. The van der Waals surface area contributed by atoms with E-state index in [1.54, 1.807) is 0 Å². The number of nitrogens with one attached hydrogen (secondary N) is 2. The molecular formula is C28H34N4O9. The number of ether oxygens (including phenoxy) is 4. The zero-order valence-corrected chi connectivity index (χ0v) is 22.1. The molecule has 13 nitrogen and oxygen atoms in total. The van der Waals surface area contributed by atoms with E-state index in [0.717, 1.165) is 21.9 Å². The van der Waals surface area contributed by atoms with Crippen LogP contribution in [0.3, 0.4) is 0 Å². The lowest BCUT2D eigenvalue weighted by Crippen LogP contribution is -2.42. The van der Waals surface area contributed by atoms with Gasteiger partial charge in [-0.05, 0) is 29.8 Å². The van der Waals surface area contributed by atoms with Gasteiger partial charge in [0.1, 0.15) is 42.9 Å². The van der Waals surface area contributed by atoms with Crippen LogP contribution in [-0.2, 0) is 20.8 Å². The van der Waals surface area contributed by atoms with Crippen LogP contribution in [0.25, 0.3) is 0 Å². The summed E-state index contributed by atoms with van der Waals surface area (Å²) in [6, 6.07) is 18.3. The van der Waals surface area contributed by atoms with E-state index in [4.69, 9.17) is 24.7 Å². The molecule has 5 rings (SSSR count). The van der Waals surface area contributed by atoms with E-state index in [-0.39, 0.29) is 19.5 Å². The molecule has 220 valence electrons. The number of benzene rings is 2. The third kappa shape index (κ3) is 6.85. The van der Waals surface area contributed by atoms with Crippen LogP contribution < -0.4 is 27.0 Å². The van der Waals surface area contributed by atoms with Crippen molar-refractivity contribution in [2.24, 2.45) is 5.73 Å². The molecule has 2 aliphatic rings. The second-order valence-corrected chi connectivity index (χ2v) is 10.00. The number of hydrogen-bond acceptors (Lipinski definition) is 11. The highest BCUT2D eigenvalue weighted by Gasteiger charge is 2.47. The lowest BCUT2D eigenvalue weighted by Gasteiger charge is -2.28. The van der Waals surface area contributed by atoms with Crippen LogP contribution in [0, 0.1) is 0 Å². The molecule has 0 bridgehead atoms. The Morgan fingerprint density at radius 1 is 1.02 bits per heavy atom. The van der Waals surface area contributed by atoms with Gasteiger partial charge in [-0.15, -0.1) is 0 Å². The van der Waals surface area contributed by atoms with E-state index >= 15 is 0 Å². The quantitative estimate of drug-likeness (QED) is 0.177. The topological polar surface area (TPSA) is 191 Å². The Hall–Kier alpha value is -3.56. The SMILES string of the molecule is NC[C@H]1O[C@@H](O[C@@H](CNc2ccc(OCc3ccccc3)cc2)[C@@H]2C[C@@H](O)[C@H](n3ccc(=O)[nH]c3=O)O2)[C@H](O)[C@@H]1O.